The van der Waals surface area contributed by atoms with Gasteiger partial charge in [-0.1, -0.05) is 37.6 Å². The molecule has 0 aliphatic carbocycles. The number of hydrogen-bond acceptors (Lipinski definition) is 2. The second-order valence-corrected chi connectivity index (χ2v) is 5.30. The number of carbonyl (C=O) groups excluding carboxylic acids is 1. The molecule has 2 N–H and O–H groups in total. The standard InChI is InChI=1S/C16H24N2O/c1-2-13-6-8-14(9-7-13)12-18-16(19)11-15-5-3-4-10-17-15/h6-9,15,17H,2-5,10-12H2,1H3,(H,18,19). The van der Waals surface area contributed by atoms with Crippen molar-refractivity contribution in [1.29, 1.82) is 0 Å². The Balaban J connectivity index is 1.72. The van der Waals surface area contributed by atoms with Crippen LogP contribution in [0.1, 0.15) is 43.7 Å². The summed E-state index contributed by atoms with van der Waals surface area (Å²) < 4.78 is 0. The number of piperidine rings is 1. The van der Waals surface area contributed by atoms with Crippen LogP contribution in [-0.4, -0.2) is 18.5 Å². The van der Waals surface area contributed by atoms with Gasteiger partial charge in [0.2, 0.25) is 5.91 Å². The number of amides is 1. The van der Waals surface area contributed by atoms with Crippen molar-refractivity contribution in [2.24, 2.45) is 0 Å². The van der Waals surface area contributed by atoms with Crippen LogP contribution >= 0.6 is 0 Å². The van der Waals surface area contributed by atoms with Crippen LogP contribution in [0.25, 0.3) is 0 Å². The van der Waals surface area contributed by atoms with Crippen LogP contribution in [0.2, 0.25) is 0 Å². The van der Waals surface area contributed by atoms with Gasteiger partial charge in [0.05, 0.1) is 0 Å². The molecule has 0 bridgehead atoms. The van der Waals surface area contributed by atoms with Crippen LogP contribution in [0, 0.1) is 0 Å². The van der Waals surface area contributed by atoms with Crippen molar-refractivity contribution in [3.05, 3.63) is 35.4 Å². The third-order valence-corrected chi connectivity index (χ3v) is 3.77. The van der Waals surface area contributed by atoms with E-state index in [4.69, 9.17) is 0 Å². The summed E-state index contributed by atoms with van der Waals surface area (Å²) in [7, 11) is 0. The summed E-state index contributed by atoms with van der Waals surface area (Å²) in [6.07, 6.45) is 5.26. The van der Waals surface area contributed by atoms with Gasteiger partial charge in [-0.05, 0) is 36.9 Å². The Morgan fingerprint density at radius 3 is 2.63 bits per heavy atom. The Morgan fingerprint density at radius 2 is 2.00 bits per heavy atom. The van der Waals surface area contributed by atoms with Gasteiger partial charge in [-0.2, -0.15) is 0 Å². The largest absolute Gasteiger partial charge is 0.352 e. The van der Waals surface area contributed by atoms with Gasteiger partial charge in [-0.15, -0.1) is 0 Å². The SMILES string of the molecule is CCc1ccc(CNC(=O)CC2CCCCN2)cc1. The molecule has 1 aliphatic heterocycles. The van der Waals surface area contributed by atoms with E-state index >= 15 is 0 Å². The molecule has 1 amide bonds. The predicted octanol–water partition coefficient (Wildman–Crippen LogP) is 2.40. The topological polar surface area (TPSA) is 41.1 Å². The minimum Gasteiger partial charge on any atom is -0.352 e. The van der Waals surface area contributed by atoms with E-state index in [-0.39, 0.29) is 5.91 Å². The van der Waals surface area contributed by atoms with Gasteiger partial charge in [0, 0.05) is 19.0 Å². The number of carbonyl (C=O) groups is 1. The molecule has 2 rings (SSSR count). The molecular formula is C16H24N2O. The van der Waals surface area contributed by atoms with Crippen LogP contribution in [0.4, 0.5) is 0 Å². The summed E-state index contributed by atoms with van der Waals surface area (Å²) in [5.41, 5.74) is 2.50. The highest BCUT2D eigenvalue weighted by atomic mass is 16.1. The van der Waals surface area contributed by atoms with Gasteiger partial charge in [0.1, 0.15) is 0 Å². The predicted molar refractivity (Wildman–Crippen MR) is 77.9 cm³/mol. The molecule has 0 radical (unpaired) electrons. The molecule has 1 aromatic rings. The summed E-state index contributed by atoms with van der Waals surface area (Å²) in [5, 5.41) is 6.41. The normalized spacial score (nSPS) is 19.1. The smallest absolute Gasteiger partial charge is 0.221 e. The van der Waals surface area contributed by atoms with E-state index in [0.29, 0.717) is 19.0 Å². The summed E-state index contributed by atoms with van der Waals surface area (Å²) in [6, 6.07) is 8.82. The van der Waals surface area contributed by atoms with E-state index in [9.17, 15) is 4.79 Å². The summed E-state index contributed by atoms with van der Waals surface area (Å²) >= 11 is 0. The fourth-order valence-corrected chi connectivity index (χ4v) is 2.49. The van der Waals surface area contributed by atoms with Gasteiger partial charge in [-0.3, -0.25) is 4.79 Å². The Bertz CT molecular complexity index is 394. The first-order valence-corrected chi connectivity index (χ1v) is 7.36. The van der Waals surface area contributed by atoms with Crippen LogP contribution in [-0.2, 0) is 17.8 Å². The lowest BCUT2D eigenvalue weighted by Crippen LogP contribution is -2.38. The van der Waals surface area contributed by atoms with E-state index in [1.165, 1.54) is 24.0 Å². The maximum absolute atomic E-state index is 11.9. The highest BCUT2D eigenvalue weighted by Crippen LogP contribution is 2.10. The minimum absolute atomic E-state index is 0.152. The van der Waals surface area contributed by atoms with Crippen molar-refractivity contribution >= 4 is 5.91 Å². The molecule has 104 valence electrons. The molecule has 19 heavy (non-hydrogen) atoms. The third kappa shape index (κ3) is 4.67. The average molecular weight is 260 g/mol. The molecule has 1 saturated heterocycles. The fourth-order valence-electron chi connectivity index (χ4n) is 2.49. The van der Waals surface area contributed by atoms with Crippen molar-refractivity contribution in [2.45, 2.75) is 51.6 Å². The van der Waals surface area contributed by atoms with Crippen LogP contribution in [0.15, 0.2) is 24.3 Å². The van der Waals surface area contributed by atoms with E-state index in [2.05, 4.69) is 41.8 Å². The summed E-state index contributed by atoms with van der Waals surface area (Å²) in [6.45, 7) is 3.83. The number of benzene rings is 1. The van der Waals surface area contributed by atoms with E-state index < -0.39 is 0 Å². The molecule has 0 spiro atoms. The first-order chi connectivity index (χ1) is 9.28. The van der Waals surface area contributed by atoms with Gasteiger partial charge in [0.25, 0.3) is 0 Å². The Labute approximate surface area is 115 Å². The van der Waals surface area contributed by atoms with Crippen LogP contribution in [0.3, 0.4) is 0 Å². The molecule has 1 aromatic carbocycles. The zero-order valence-electron chi connectivity index (χ0n) is 11.7. The third-order valence-electron chi connectivity index (χ3n) is 3.77. The molecule has 1 unspecified atom stereocenters. The molecule has 3 heteroatoms. The van der Waals surface area contributed by atoms with Crippen molar-refractivity contribution in [1.82, 2.24) is 10.6 Å². The van der Waals surface area contributed by atoms with Crippen LogP contribution in [0.5, 0.6) is 0 Å². The first-order valence-electron chi connectivity index (χ1n) is 7.36. The lowest BCUT2D eigenvalue weighted by atomic mass is 10.0. The maximum Gasteiger partial charge on any atom is 0.221 e. The Morgan fingerprint density at radius 1 is 1.26 bits per heavy atom. The Kier molecular flexibility index (Phi) is 5.40. The lowest BCUT2D eigenvalue weighted by Gasteiger charge is -2.22. The highest BCUT2D eigenvalue weighted by Gasteiger charge is 2.15. The van der Waals surface area contributed by atoms with Gasteiger partial charge >= 0.3 is 0 Å². The van der Waals surface area contributed by atoms with Crippen molar-refractivity contribution < 1.29 is 4.79 Å². The van der Waals surface area contributed by atoms with Gasteiger partial charge < -0.3 is 10.6 Å². The maximum atomic E-state index is 11.9. The number of hydrogen-bond donors (Lipinski definition) is 2. The molecule has 0 saturated carbocycles. The van der Waals surface area contributed by atoms with Gasteiger partial charge in [-0.25, -0.2) is 0 Å². The van der Waals surface area contributed by atoms with Crippen molar-refractivity contribution in [3.8, 4) is 0 Å². The average Bonchev–Trinajstić information content (AvgIpc) is 2.47. The van der Waals surface area contributed by atoms with E-state index in [1.54, 1.807) is 0 Å². The molecule has 1 fully saturated rings. The second kappa shape index (κ2) is 7.29. The monoisotopic (exact) mass is 260 g/mol. The fraction of sp³-hybridized carbons (Fsp3) is 0.562. The first kappa shape index (κ1) is 14.1. The van der Waals surface area contributed by atoms with Crippen molar-refractivity contribution in [2.75, 3.05) is 6.54 Å². The Hall–Kier alpha value is -1.35. The molecular weight excluding hydrogens is 236 g/mol. The van der Waals surface area contributed by atoms with Gasteiger partial charge in [0.15, 0.2) is 0 Å². The lowest BCUT2D eigenvalue weighted by molar-refractivity contribution is -0.121. The van der Waals surface area contributed by atoms with Crippen molar-refractivity contribution in [3.63, 3.8) is 0 Å². The second-order valence-electron chi connectivity index (χ2n) is 5.30. The zero-order chi connectivity index (χ0) is 13.5. The molecule has 0 aromatic heterocycles. The number of aryl methyl sites for hydroxylation is 1. The quantitative estimate of drug-likeness (QED) is 0.853. The summed E-state index contributed by atoms with van der Waals surface area (Å²) in [5.74, 6) is 0.152. The van der Waals surface area contributed by atoms with E-state index in [1.807, 2.05) is 0 Å². The highest BCUT2D eigenvalue weighted by molar-refractivity contribution is 5.76. The van der Waals surface area contributed by atoms with Crippen LogP contribution < -0.4 is 10.6 Å². The summed E-state index contributed by atoms with van der Waals surface area (Å²) in [4.78, 5) is 11.9. The zero-order valence-corrected chi connectivity index (χ0v) is 11.7. The molecule has 1 atom stereocenters. The minimum atomic E-state index is 0.152. The molecule has 1 heterocycles. The molecule has 3 nitrogen and oxygen atoms in total. The molecule has 1 aliphatic rings. The number of nitrogens with one attached hydrogen (secondary N) is 2. The number of rotatable bonds is 5. The van der Waals surface area contributed by atoms with E-state index in [0.717, 1.165) is 19.4 Å².